The molecule has 0 spiro atoms. The Morgan fingerprint density at radius 2 is 1.83 bits per heavy atom. The van der Waals surface area contributed by atoms with Crippen LogP contribution in [-0.2, 0) is 0 Å². The van der Waals surface area contributed by atoms with E-state index in [1.165, 1.54) is 0 Å². The van der Waals surface area contributed by atoms with Crippen LogP contribution in [0.3, 0.4) is 0 Å². The number of hydrogen-bond acceptors (Lipinski definition) is 6. The third-order valence-electron chi connectivity index (χ3n) is 4.78. The topological polar surface area (TPSA) is 92.9 Å². The summed E-state index contributed by atoms with van der Waals surface area (Å²) in [4.78, 5) is 20.8. The number of hydrogen-bond donors (Lipinski definition) is 2. The van der Waals surface area contributed by atoms with E-state index in [0.717, 1.165) is 28.1 Å². The maximum Gasteiger partial charge on any atom is 0.251 e. The zero-order valence-electron chi connectivity index (χ0n) is 16.9. The summed E-state index contributed by atoms with van der Waals surface area (Å²) in [6.07, 6.45) is 1.69. The number of aromatic nitrogens is 3. The molecule has 2 heterocycles. The van der Waals surface area contributed by atoms with Crippen LogP contribution in [0, 0.1) is 13.8 Å². The number of nitrogens with one attached hydrogen (secondary N) is 2. The molecule has 4 rings (SSSR count). The van der Waals surface area contributed by atoms with Crippen LogP contribution in [0.25, 0.3) is 22.5 Å². The molecule has 2 aromatic heterocycles. The maximum absolute atomic E-state index is 11.8. The summed E-state index contributed by atoms with van der Waals surface area (Å²) < 4.78 is 5.46. The Morgan fingerprint density at radius 3 is 2.57 bits per heavy atom. The van der Waals surface area contributed by atoms with E-state index < -0.39 is 0 Å². The number of anilines is 2. The number of amides is 1. The number of rotatable bonds is 5. The first-order chi connectivity index (χ1) is 14.6. The second kappa shape index (κ2) is 8.16. The van der Waals surface area contributed by atoms with Crippen molar-refractivity contribution in [2.45, 2.75) is 13.8 Å². The number of nitrogens with zero attached hydrogens (tertiary/aromatic N) is 3. The molecule has 7 heteroatoms. The molecule has 0 saturated carbocycles. The minimum atomic E-state index is -0.126. The Balaban J connectivity index is 1.67. The summed E-state index contributed by atoms with van der Waals surface area (Å²) >= 11 is 0. The van der Waals surface area contributed by atoms with Gasteiger partial charge in [-0.2, -0.15) is 0 Å². The zero-order chi connectivity index (χ0) is 21.1. The molecule has 0 unspecified atom stereocenters. The molecule has 0 aliphatic carbocycles. The van der Waals surface area contributed by atoms with Gasteiger partial charge in [-0.15, -0.1) is 0 Å². The van der Waals surface area contributed by atoms with Gasteiger partial charge in [0.1, 0.15) is 11.5 Å². The highest BCUT2D eigenvalue weighted by molar-refractivity contribution is 5.94. The summed E-state index contributed by atoms with van der Waals surface area (Å²) in [5.74, 6) is 1.01. The molecule has 2 N–H and O–H groups in total. The van der Waals surface area contributed by atoms with Gasteiger partial charge in [0, 0.05) is 30.1 Å². The lowest BCUT2D eigenvalue weighted by Gasteiger charge is -2.11. The molecule has 2 aromatic carbocycles. The first kappa shape index (κ1) is 19.3. The molecule has 0 bridgehead atoms. The minimum absolute atomic E-state index is 0.126. The number of carbonyl (C=O) groups is 1. The van der Waals surface area contributed by atoms with E-state index >= 15 is 0 Å². The molecule has 0 fully saturated rings. The Labute approximate surface area is 174 Å². The van der Waals surface area contributed by atoms with Crippen LogP contribution >= 0.6 is 0 Å². The van der Waals surface area contributed by atoms with E-state index in [-0.39, 0.29) is 5.91 Å². The van der Waals surface area contributed by atoms with Crippen molar-refractivity contribution in [3.63, 3.8) is 0 Å². The molecule has 0 saturated heterocycles. The van der Waals surface area contributed by atoms with Crippen molar-refractivity contribution in [1.82, 2.24) is 20.4 Å². The van der Waals surface area contributed by atoms with E-state index in [9.17, 15) is 4.79 Å². The summed E-state index contributed by atoms with van der Waals surface area (Å²) in [6, 6.07) is 17.1. The van der Waals surface area contributed by atoms with Crippen LogP contribution in [-0.4, -0.2) is 28.1 Å². The SMILES string of the molecule is CNC(=O)c1ccc(Nc2nccc(-c3c(-c4ccccc4)noc3C)n2)c(C)c1. The Hall–Kier alpha value is -4.00. The predicted molar refractivity (Wildman–Crippen MR) is 116 cm³/mol. The highest BCUT2D eigenvalue weighted by Gasteiger charge is 2.18. The molecule has 0 radical (unpaired) electrons. The van der Waals surface area contributed by atoms with Crippen molar-refractivity contribution >= 4 is 17.5 Å². The summed E-state index contributed by atoms with van der Waals surface area (Å²) in [6.45, 7) is 3.79. The Morgan fingerprint density at radius 1 is 1.03 bits per heavy atom. The molecule has 4 aromatic rings. The van der Waals surface area contributed by atoms with Crippen molar-refractivity contribution in [1.29, 1.82) is 0 Å². The van der Waals surface area contributed by atoms with Gasteiger partial charge in [0.25, 0.3) is 5.91 Å². The number of aryl methyl sites for hydroxylation is 2. The lowest BCUT2D eigenvalue weighted by atomic mass is 10.0. The minimum Gasteiger partial charge on any atom is -0.360 e. The van der Waals surface area contributed by atoms with Gasteiger partial charge in [0.15, 0.2) is 0 Å². The fraction of sp³-hybridized carbons (Fsp3) is 0.130. The highest BCUT2D eigenvalue weighted by Crippen LogP contribution is 2.33. The van der Waals surface area contributed by atoms with Crippen LogP contribution in [0.2, 0.25) is 0 Å². The molecular formula is C23H21N5O2. The average molecular weight is 399 g/mol. The lowest BCUT2D eigenvalue weighted by Crippen LogP contribution is -2.17. The molecule has 0 aliphatic rings. The van der Waals surface area contributed by atoms with E-state index in [4.69, 9.17) is 4.52 Å². The normalized spacial score (nSPS) is 10.6. The summed E-state index contributed by atoms with van der Waals surface area (Å²) in [7, 11) is 1.61. The van der Waals surface area contributed by atoms with Crippen LogP contribution in [0.4, 0.5) is 11.6 Å². The van der Waals surface area contributed by atoms with Crippen LogP contribution in [0.15, 0.2) is 65.3 Å². The van der Waals surface area contributed by atoms with E-state index in [1.807, 2.05) is 62.4 Å². The van der Waals surface area contributed by atoms with Crippen LogP contribution in [0.1, 0.15) is 21.7 Å². The van der Waals surface area contributed by atoms with Crippen LogP contribution in [0.5, 0.6) is 0 Å². The second-order valence-electron chi connectivity index (χ2n) is 6.83. The third-order valence-corrected chi connectivity index (χ3v) is 4.78. The molecule has 150 valence electrons. The van der Waals surface area contributed by atoms with Crippen molar-refractivity contribution in [3.05, 3.63) is 77.7 Å². The first-order valence-electron chi connectivity index (χ1n) is 9.51. The quantitative estimate of drug-likeness (QED) is 0.513. The second-order valence-corrected chi connectivity index (χ2v) is 6.83. The summed E-state index contributed by atoms with van der Waals surface area (Å²) in [5.41, 5.74) is 5.58. The molecule has 1 amide bonds. The molecule has 30 heavy (non-hydrogen) atoms. The van der Waals surface area contributed by atoms with Gasteiger partial charge in [-0.05, 0) is 43.7 Å². The monoisotopic (exact) mass is 399 g/mol. The van der Waals surface area contributed by atoms with Gasteiger partial charge in [-0.25, -0.2) is 9.97 Å². The van der Waals surface area contributed by atoms with Gasteiger partial charge >= 0.3 is 0 Å². The number of carbonyl (C=O) groups excluding carboxylic acids is 1. The van der Waals surface area contributed by atoms with Gasteiger partial charge in [0.05, 0.1) is 11.3 Å². The molecule has 7 nitrogen and oxygen atoms in total. The number of benzene rings is 2. The smallest absolute Gasteiger partial charge is 0.251 e. The molecule has 0 aliphatic heterocycles. The third kappa shape index (κ3) is 3.77. The first-order valence-corrected chi connectivity index (χ1v) is 9.51. The van der Waals surface area contributed by atoms with E-state index in [1.54, 1.807) is 19.3 Å². The van der Waals surface area contributed by atoms with Gasteiger partial charge in [0.2, 0.25) is 5.95 Å². The maximum atomic E-state index is 11.8. The standard InChI is InChI=1S/C23H21N5O2/c1-14-13-17(22(29)24-3)9-10-18(14)26-23-25-12-11-19(27-23)20-15(2)30-28-21(20)16-7-5-4-6-8-16/h4-13H,1-3H3,(H,24,29)(H,25,26,27). The lowest BCUT2D eigenvalue weighted by molar-refractivity contribution is 0.0963. The highest BCUT2D eigenvalue weighted by atomic mass is 16.5. The molecule has 0 atom stereocenters. The summed E-state index contributed by atoms with van der Waals surface area (Å²) in [5, 5.41) is 10.1. The van der Waals surface area contributed by atoms with E-state index in [2.05, 4.69) is 25.8 Å². The van der Waals surface area contributed by atoms with Gasteiger partial charge in [-0.3, -0.25) is 4.79 Å². The Bertz CT molecular complexity index is 1200. The predicted octanol–water partition coefficient (Wildman–Crippen LogP) is 4.52. The average Bonchev–Trinajstić information content (AvgIpc) is 3.17. The van der Waals surface area contributed by atoms with Gasteiger partial charge in [-0.1, -0.05) is 35.5 Å². The fourth-order valence-electron chi connectivity index (χ4n) is 3.23. The Kier molecular flexibility index (Phi) is 5.26. The van der Waals surface area contributed by atoms with E-state index in [0.29, 0.717) is 23.0 Å². The van der Waals surface area contributed by atoms with Gasteiger partial charge < -0.3 is 15.2 Å². The largest absolute Gasteiger partial charge is 0.360 e. The fourth-order valence-corrected chi connectivity index (χ4v) is 3.23. The van der Waals surface area contributed by atoms with Crippen molar-refractivity contribution in [2.75, 3.05) is 12.4 Å². The molecular weight excluding hydrogens is 378 g/mol. The zero-order valence-corrected chi connectivity index (χ0v) is 16.9. The van der Waals surface area contributed by atoms with Crippen molar-refractivity contribution in [3.8, 4) is 22.5 Å². The van der Waals surface area contributed by atoms with Crippen LogP contribution < -0.4 is 10.6 Å². The van der Waals surface area contributed by atoms with Crippen molar-refractivity contribution < 1.29 is 9.32 Å². The van der Waals surface area contributed by atoms with Crippen molar-refractivity contribution in [2.24, 2.45) is 0 Å².